The van der Waals surface area contributed by atoms with Gasteiger partial charge in [0, 0.05) is 24.9 Å². The molecule has 0 spiro atoms. The second-order valence-electron chi connectivity index (χ2n) is 5.56. The Morgan fingerprint density at radius 1 is 1.57 bits per heavy atom. The van der Waals surface area contributed by atoms with Crippen LogP contribution < -0.4 is 10.2 Å². The molecular weight excluding hydrogens is 299 g/mol. The van der Waals surface area contributed by atoms with Gasteiger partial charge in [-0.2, -0.15) is 10.2 Å². The third-order valence-electron chi connectivity index (χ3n) is 3.96. The van der Waals surface area contributed by atoms with E-state index in [1.807, 2.05) is 11.8 Å². The number of aromatic amines is 1. The van der Waals surface area contributed by atoms with E-state index < -0.39 is 6.17 Å². The summed E-state index contributed by atoms with van der Waals surface area (Å²) in [5, 5.41) is 17.5. The van der Waals surface area contributed by atoms with Crippen molar-refractivity contribution in [1.82, 2.24) is 25.7 Å². The number of carbonyl (C=O) groups excluding carboxylic acids is 1. The van der Waals surface area contributed by atoms with Crippen LogP contribution in [0.15, 0.2) is 24.4 Å². The molecule has 2 N–H and O–H groups in total. The molecule has 0 saturated carbocycles. The Kier molecular flexibility index (Phi) is 4.50. The second kappa shape index (κ2) is 6.72. The zero-order valence-corrected chi connectivity index (χ0v) is 12.9. The molecule has 0 aliphatic carbocycles. The van der Waals surface area contributed by atoms with Gasteiger partial charge in [-0.1, -0.05) is 6.92 Å². The maximum Gasteiger partial charge on any atom is 0.271 e. The molecule has 0 aromatic carbocycles. The molecule has 23 heavy (non-hydrogen) atoms. The number of amides is 1. The highest BCUT2D eigenvalue weighted by molar-refractivity contribution is 5.92. The first-order chi connectivity index (χ1) is 11.2. The quantitative estimate of drug-likeness (QED) is 0.862. The Morgan fingerprint density at radius 2 is 2.43 bits per heavy atom. The molecule has 1 amide bonds. The molecule has 1 saturated heterocycles. The smallest absolute Gasteiger partial charge is 0.271 e. The van der Waals surface area contributed by atoms with Gasteiger partial charge in [-0.15, -0.1) is 5.10 Å². The van der Waals surface area contributed by atoms with E-state index in [0.717, 1.165) is 12.1 Å². The number of hydrogen-bond acceptors (Lipinski definition) is 5. The number of aromatic nitrogens is 4. The van der Waals surface area contributed by atoms with Crippen molar-refractivity contribution in [3.05, 3.63) is 35.8 Å². The fraction of sp³-hybridized carbons (Fsp3) is 0.467. The number of rotatable bonds is 5. The molecule has 0 radical (unpaired) electrons. The minimum atomic E-state index is -0.934. The third kappa shape index (κ3) is 3.46. The lowest BCUT2D eigenvalue weighted by Crippen LogP contribution is -2.40. The molecule has 122 valence electrons. The van der Waals surface area contributed by atoms with Crippen LogP contribution in [0.5, 0.6) is 0 Å². The van der Waals surface area contributed by atoms with Crippen LogP contribution in [0, 0.1) is 0 Å². The summed E-state index contributed by atoms with van der Waals surface area (Å²) in [6, 6.07) is 5.14. The summed E-state index contributed by atoms with van der Waals surface area (Å²) in [5.41, 5.74) is 1.25. The van der Waals surface area contributed by atoms with E-state index in [0.29, 0.717) is 24.5 Å². The molecule has 2 atom stereocenters. The number of carbonyl (C=O) groups is 1. The number of nitrogens with zero attached hydrogens (tertiary/aromatic N) is 4. The van der Waals surface area contributed by atoms with Crippen LogP contribution in [0.1, 0.15) is 29.5 Å². The summed E-state index contributed by atoms with van der Waals surface area (Å²) in [6.07, 6.45) is 1.78. The van der Waals surface area contributed by atoms with Gasteiger partial charge < -0.3 is 10.2 Å². The Hall–Kier alpha value is -2.51. The highest BCUT2D eigenvalue weighted by Gasteiger charge is 2.33. The molecule has 1 aliphatic rings. The van der Waals surface area contributed by atoms with Gasteiger partial charge in [-0.25, -0.2) is 4.39 Å². The zero-order chi connectivity index (χ0) is 16.2. The summed E-state index contributed by atoms with van der Waals surface area (Å²) >= 11 is 0. The van der Waals surface area contributed by atoms with Crippen molar-refractivity contribution >= 4 is 11.7 Å². The molecular formula is C15H19FN6O. The van der Waals surface area contributed by atoms with Crippen LogP contribution >= 0.6 is 0 Å². The summed E-state index contributed by atoms with van der Waals surface area (Å²) in [4.78, 5) is 14.0. The maximum atomic E-state index is 13.8. The van der Waals surface area contributed by atoms with Crippen LogP contribution in [-0.2, 0) is 6.42 Å². The van der Waals surface area contributed by atoms with Gasteiger partial charge in [-0.05, 0) is 24.6 Å². The van der Waals surface area contributed by atoms with E-state index in [1.54, 1.807) is 24.4 Å². The van der Waals surface area contributed by atoms with Crippen molar-refractivity contribution in [1.29, 1.82) is 0 Å². The molecule has 3 heterocycles. The van der Waals surface area contributed by atoms with Crippen molar-refractivity contribution in [2.24, 2.45) is 0 Å². The van der Waals surface area contributed by atoms with Crippen LogP contribution in [0.4, 0.5) is 10.2 Å². The van der Waals surface area contributed by atoms with Crippen molar-refractivity contribution in [3.63, 3.8) is 0 Å². The van der Waals surface area contributed by atoms with E-state index >= 15 is 0 Å². The minimum absolute atomic E-state index is 0.143. The normalized spacial score (nSPS) is 20.7. The van der Waals surface area contributed by atoms with Crippen LogP contribution in [0.3, 0.4) is 0 Å². The Morgan fingerprint density at radius 3 is 3.13 bits per heavy atom. The summed E-state index contributed by atoms with van der Waals surface area (Å²) in [6.45, 7) is 2.58. The number of anilines is 1. The first kappa shape index (κ1) is 15.4. The predicted octanol–water partition coefficient (Wildman–Crippen LogP) is 1.11. The van der Waals surface area contributed by atoms with Crippen molar-refractivity contribution in [3.8, 4) is 0 Å². The lowest BCUT2D eigenvalue weighted by Gasteiger charge is -2.24. The molecule has 2 aromatic heterocycles. The summed E-state index contributed by atoms with van der Waals surface area (Å²) in [5.74, 6) is 0.363. The highest BCUT2D eigenvalue weighted by Crippen LogP contribution is 2.24. The summed E-state index contributed by atoms with van der Waals surface area (Å²) < 4.78 is 13.8. The lowest BCUT2D eigenvalue weighted by molar-refractivity contribution is 0.0946. The Balaban J connectivity index is 1.63. The first-order valence-corrected chi connectivity index (χ1v) is 7.68. The van der Waals surface area contributed by atoms with E-state index in [2.05, 4.69) is 25.7 Å². The third-order valence-corrected chi connectivity index (χ3v) is 3.96. The number of hydrogen-bond donors (Lipinski definition) is 2. The molecule has 1 aliphatic heterocycles. The average Bonchev–Trinajstić information content (AvgIpc) is 3.20. The number of aryl methyl sites for hydroxylation is 1. The summed E-state index contributed by atoms with van der Waals surface area (Å²) in [7, 11) is 0. The molecule has 0 unspecified atom stereocenters. The van der Waals surface area contributed by atoms with E-state index in [1.165, 1.54) is 0 Å². The fourth-order valence-corrected chi connectivity index (χ4v) is 2.74. The number of halogens is 1. The number of H-pyrrole nitrogens is 1. The molecule has 7 nitrogen and oxygen atoms in total. The van der Waals surface area contributed by atoms with Crippen LogP contribution in [0.25, 0.3) is 0 Å². The van der Waals surface area contributed by atoms with Crippen molar-refractivity contribution < 1.29 is 9.18 Å². The van der Waals surface area contributed by atoms with Gasteiger partial charge in [0.1, 0.15) is 11.9 Å². The second-order valence-corrected chi connectivity index (χ2v) is 5.56. The van der Waals surface area contributed by atoms with Gasteiger partial charge in [0.05, 0.1) is 12.6 Å². The van der Waals surface area contributed by atoms with Crippen molar-refractivity contribution in [2.75, 3.05) is 18.0 Å². The van der Waals surface area contributed by atoms with E-state index in [9.17, 15) is 9.18 Å². The highest BCUT2D eigenvalue weighted by atomic mass is 19.1. The standard InChI is InChI=1S/C15H19FN6O/c1-2-11-7-13(20-19-11)15(23)17-8-12-6-10(16)9-22(12)14-4-3-5-18-21-14/h3-5,7,10,12H,2,6,8-9H2,1H3,(H,17,23)(H,19,20)/t10-,12-/m0/s1. The number of nitrogens with one attached hydrogen (secondary N) is 2. The van der Waals surface area contributed by atoms with Gasteiger partial charge >= 0.3 is 0 Å². The van der Waals surface area contributed by atoms with Gasteiger partial charge in [0.25, 0.3) is 5.91 Å². The molecule has 8 heteroatoms. The van der Waals surface area contributed by atoms with Gasteiger partial charge in [0.15, 0.2) is 5.82 Å². The van der Waals surface area contributed by atoms with Gasteiger partial charge in [0.2, 0.25) is 0 Å². The lowest BCUT2D eigenvalue weighted by atomic mass is 10.2. The predicted molar refractivity (Wildman–Crippen MR) is 83.0 cm³/mol. The molecule has 2 aromatic rings. The maximum absolute atomic E-state index is 13.8. The van der Waals surface area contributed by atoms with E-state index in [-0.39, 0.29) is 18.5 Å². The monoisotopic (exact) mass is 318 g/mol. The van der Waals surface area contributed by atoms with Crippen LogP contribution in [-0.4, -0.2) is 51.6 Å². The molecule has 0 bridgehead atoms. The number of alkyl halides is 1. The van der Waals surface area contributed by atoms with Gasteiger partial charge in [-0.3, -0.25) is 9.89 Å². The molecule has 3 rings (SSSR count). The Bertz CT molecular complexity index is 661. The SMILES string of the molecule is CCc1cc(C(=O)NC[C@@H]2C[C@H](F)CN2c2cccnn2)n[nH]1. The van der Waals surface area contributed by atoms with Crippen molar-refractivity contribution in [2.45, 2.75) is 32.0 Å². The topological polar surface area (TPSA) is 86.8 Å². The Labute approximate surface area is 133 Å². The first-order valence-electron chi connectivity index (χ1n) is 7.68. The van der Waals surface area contributed by atoms with E-state index in [4.69, 9.17) is 0 Å². The molecule has 1 fully saturated rings. The minimum Gasteiger partial charge on any atom is -0.349 e. The zero-order valence-electron chi connectivity index (χ0n) is 12.9. The average molecular weight is 318 g/mol. The van der Waals surface area contributed by atoms with Crippen LogP contribution in [0.2, 0.25) is 0 Å². The largest absolute Gasteiger partial charge is 0.349 e. The fourth-order valence-electron chi connectivity index (χ4n) is 2.74.